The smallest absolute Gasteiger partial charge is 0.406 e. The van der Waals surface area contributed by atoms with E-state index in [1.807, 2.05) is 0 Å². The van der Waals surface area contributed by atoms with Crippen LogP contribution in [0, 0.1) is 6.92 Å². The summed E-state index contributed by atoms with van der Waals surface area (Å²) in [6.07, 6.45) is 0.913. The molecule has 0 fully saturated rings. The number of aryl methyl sites for hydroxylation is 1. The highest BCUT2D eigenvalue weighted by Gasteiger charge is 2.31. The zero-order valence-corrected chi connectivity index (χ0v) is 13.5. The van der Waals surface area contributed by atoms with E-state index < -0.39 is 12.3 Å². The molecular weight excluding hydrogens is 349 g/mol. The van der Waals surface area contributed by atoms with Crippen LogP contribution in [0.2, 0.25) is 0 Å². The van der Waals surface area contributed by atoms with Crippen LogP contribution in [0.25, 0.3) is 28.5 Å². The van der Waals surface area contributed by atoms with Gasteiger partial charge in [-0.25, -0.2) is 9.97 Å². The molecule has 3 N–H and O–H groups in total. The Morgan fingerprint density at radius 2 is 2.08 bits per heavy atom. The van der Waals surface area contributed by atoms with Crippen LogP contribution in [0.1, 0.15) is 11.1 Å². The normalized spacial score (nSPS) is 12.0. The van der Waals surface area contributed by atoms with Gasteiger partial charge in [0.15, 0.2) is 5.65 Å². The van der Waals surface area contributed by atoms with Crippen molar-refractivity contribution in [2.24, 2.45) is 5.73 Å². The predicted octanol–water partition coefficient (Wildman–Crippen LogP) is 3.33. The first-order chi connectivity index (χ1) is 12.2. The van der Waals surface area contributed by atoms with Crippen molar-refractivity contribution < 1.29 is 22.7 Å². The van der Waals surface area contributed by atoms with Gasteiger partial charge in [-0.1, -0.05) is 0 Å². The molecule has 0 radical (unpaired) electrons. The van der Waals surface area contributed by atoms with Crippen LogP contribution in [-0.2, 0) is 4.79 Å². The van der Waals surface area contributed by atoms with Crippen molar-refractivity contribution in [2.45, 2.75) is 13.3 Å². The molecular formula is C17H13F3N4O2. The molecule has 0 aliphatic carbocycles. The third kappa shape index (κ3) is 4.00. The number of alkyl halides is 3. The van der Waals surface area contributed by atoms with Gasteiger partial charge in [-0.15, -0.1) is 13.2 Å². The third-order valence-corrected chi connectivity index (χ3v) is 3.42. The largest absolute Gasteiger partial charge is 0.573 e. The molecule has 0 spiro atoms. The fourth-order valence-electron chi connectivity index (χ4n) is 2.44. The molecule has 0 saturated heterocycles. The van der Waals surface area contributed by atoms with Crippen molar-refractivity contribution in [1.29, 1.82) is 0 Å². The standard InChI is InChI=1S/C17H13F3N4O2/c1-9-4-11(6-12(5-9)26-17(18,19)20)13-8-23-16-15(24-13)10(7-22-16)2-3-14(21)25/h2-8H,1H3,(H2,21,25)(H,22,23)/b3-2+. The molecule has 134 valence electrons. The first kappa shape index (κ1) is 17.5. The lowest BCUT2D eigenvalue weighted by molar-refractivity contribution is -0.274. The Kier molecular flexibility index (Phi) is 4.37. The number of primary amides is 1. The molecule has 1 amide bonds. The van der Waals surface area contributed by atoms with Crippen LogP contribution < -0.4 is 10.5 Å². The van der Waals surface area contributed by atoms with E-state index in [-0.39, 0.29) is 5.75 Å². The second-order valence-electron chi connectivity index (χ2n) is 5.51. The van der Waals surface area contributed by atoms with Crippen LogP contribution in [-0.4, -0.2) is 27.2 Å². The third-order valence-electron chi connectivity index (χ3n) is 3.42. The Morgan fingerprint density at radius 1 is 1.31 bits per heavy atom. The van der Waals surface area contributed by atoms with Gasteiger partial charge in [0.25, 0.3) is 0 Å². The number of carbonyl (C=O) groups excluding carboxylic acids is 1. The summed E-state index contributed by atoms with van der Waals surface area (Å²) in [4.78, 5) is 22.4. The van der Waals surface area contributed by atoms with Gasteiger partial charge < -0.3 is 15.5 Å². The molecule has 3 rings (SSSR count). The Hall–Kier alpha value is -3.36. The van der Waals surface area contributed by atoms with E-state index in [0.717, 1.165) is 0 Å². The van der Waals surface area contributed by atoms with Crippen LogP contribution in [0.3, 0.4) is 0 Å². The number of halogens is 3. The number of amides is 1. The van der Waals surface area contributed by atoms with Gasteiger partial charge in [-0.05, 0) is 36.8 Å². The molecule has 2 heterocycles. The van der Waals surface area contributed by atoms with Crippen LogP contribution in [0.15, 0.2) is 36.7 Å². The van der Waals surface area contributed by atoms with Crippen molar-refractivity contribution in [3.05, 3.63) is 47.8 Å². The minimum atomic E-state index is -4.78. The number of hydrogen-bond acceptors (Lipinski definition) is 4. The lowest BCUT2D eigenvalue weighted by atomic mass is 10.1. The maximum Gasteiger partial charge on any atom is 0.573 e. The second-order valence-corrected chi connectivity index (χ2v) is 5.51. The van der Waals surface area contributed by atoms with Crippen LogP contribution >= 0.6 is 0 Å². The Balaban J connectivity index is 2.05. The molecule has 6 nitrogen and oxygen atoms in total. The summed E-state index contributed by atoms with van der Waals surface area (Å²) in [7, 11) is 0. The van der Waals surface area contributed by atoms with E-state index in [1.165, 1.54) is 30.5 Å². The molecule has 0 bridgehead atoms. The number of rotatable bonds is 4. The van der Waals surface area contributed by atoms with E-state index in [9.17, 15) is 18.0 Å². The van der Waals surface area contributed by atoms with Crippen molar-refractivity contribution in [1.82, 2.24) is 15.0 Å². The van der Waals surface area contributed by atoms with E-state index in [1.54, 1.807) is 19.2 Å². The number of ether oxygens (including phenoxy) is 1. The van der Waals surface area contributed by atoms with E-state index in [4.69, 9.17) is 5.73 Å². The highest BCUT2D eigenvalue weighted by molar-refractivity contribution is 5.93. The topological polar surface area (TPSA) is 93.9 Å². The molecule has 1 aromatic carbocycles. The number of hydrogen-bond donors (Lipinski definition) is 2. The maximum absolute atomic E-state index is 12.5. The summed E-state index contributed by atoms with van der Waals surface area (Å²) in [5.74, 6) is -0.951. The molecule has 26 heavy (non-hydrogen) atoms. The monoisotopic (exact) mass is 362 g/mol. The number of aromatic amines is 1. The number of nitrogens with one attached hydrogen (secondary N) is 1. The SMILES string of the molecule is Cc1cc(OC(F)(F)F)cc(-c2cnc3[nH]cc(/C=C/C(N)=O)c3n2)c1. The van der Waals surface area contributed by atoms with Crippen molar-refractivity contribution in [3.8, 4) is 17.0 Å². The first-order valence-electron chi connectivity index (χ1n) is 7.41. The maximum atomic E-state index is 12.5. The predicted molar refractivity (Wildman–Crippen MR) is 89.0 cm³/mol. The molecule has 3 aromatic rings. The fraction of sp³-hybridized carbons (Fsp3) is 0.118. The van der Waals surface area contributed by atoms with Gasteiger partial charge in [0.2, 0.25) is 5.91 Å². The van der Waals surface area contributed by atoms with E-state index >= 15 is 0 Å². The lowest BCUT2D eigenvalue weighted by Crippen LogP contribution is -2.17. The fourth-order valence-corrected chi connectivity index (χ4v) is 2.44. The van der Waals surface area contributed by atoms with Gasteiger partial charge in [0.05, 0.1) is 11.9 Å². The summed E-state index contributed by atoms with van der Waals surface area (Å²) in [6.45, 7) is 1.65. The average Bonchev–Trinajstić information content (AvgIpc) is 2.92. The number of H-pyrrole nitrogens is 1. The molecule has 9 heteroatoms. The molecule has 0 atom stereocenters. The Morgan fingerprint density at radius 3 is 2.77 bits per heavy atom. The Bertz CT molecular complexity index is 1010. The van der Waals surface area contributed by atoms with Crippen LogP contribution in [0.4, 0.5) is 13.2 Å². The summed E-state index contributed by atoms with van der Waals surface area (Å²) < 4.78 is 41.4. The minimum absolute atomic E-state index is 0.336. The summed E-state index contributed by atoms with van der Waals surface area (Å²) in [5, 5.41) is 0. The van der Waals surface area contributed by atoms with Crippen molar-refractivity contribution >= 4 is 23.1 Å². The molecule has 0 unspecified atom stereocenters. The number of aromatic nitrogens is 3. The molecule has 2 aromatic heterocycles. The highest BCUT2D eigenvalue weighted by atomic mass is 19.4. The number of benzene rings is 1. The van der Waals surface area contributed by atoms with Gasteiger partial charge >= 0.3 is 6.36 Å². The lowest BCUT2D eigenvalue weighted by Gasteiger charge is -2.11. The number of fused-ring (bicyclic) bond motifs is 1. The molecule has 0 aliphatic rings. The quantitative estimate of drug-likeness (QED) is 0.696. The minimum Gasteiger partial charge on any atom is -0.406 e. The molecule has 0 aliphatic heterocycles. The van der Waals surface area contributed by atoms with Gasteiger partial charge in [0, 0.05) is 23.4 Å². The number of nitrogens with two attached hydrogens (primary N) is 1. The molecule has 0 saturated carbocycles. The van der Waals surface area contributed by atoms with Gasteiger partial charge in [0.1, 0.15) is 11.3 Å². The van der Waals surface area contributed by atoms with Crippen molar-refractivity contribution in [3.63, 3.8) is 0 Å². The summed E-state index contributed by atoms with van der Waals surface area (Å²) >= 11 is 0. The second kappa shape index (κ2) is 6.51. The first-order valence-corrected chi connectivity index (χ1v) is 7.41. The highest BCUT2D eigenvalue weighted by Crippen LogP contribution is 2.29. The number of carbonyl (C=O) groups is 1. The zero-order chi connectivity index (χ0) is 18.9. The van der Waals surface area contributed by atoms with Gasteiger partial charge in [-0.3, -0.25) is 4.79 Å². The van der Waals surface area contributed by atoms with E-state index in [0.29, 0.717) is 33.5 Å². The average molecular weight is 362 g/mol. The Labute approximate surface area is 145 Å². The van der Waals surface area contributed by atoms with Gasteiger partial charge in [-0.2, -0.15) is 0 Å². The van der Waals surface area contributed by atoms with Crippen molar-refractivity contribution in [2.75, 3.05) is 0 Å². The summed E-state index contributed by atoms with van der Waals surface area (Å²) in [6, 6.07) is 4.19. The van der Waals surface area contributed by atoms with Crippen LogP contribution in [0.5, 0.6) is 5.75 Å². The zero-order valence-electron chi connectivity index (χ0n) is 13.5. The summed E-state index contributed by atoms with van der Waals surface area (Å²) in [5.41, 5.74) is 7.94. The number of nitrogens with zero attached hydrogens (tertiary/aromatic N) is 2. The van der Waals surface area contributed by atoms with E-state index in [2.05, 4.69) is 19.7 Å².